The maximum absolute atomic E-state index is 12.5. The van der Waals surface area contributed by atoms with Gasteiger partial charge in [-0.15, -0.1) is 0 Å². The number of carbonyl (C=O) groups is 1. The molecule has 1 amide bonds. The number of methoxy groups -OCH3 is 2. The van der Waals surface area contributed by atoms with Crippen molar-refractivity contribution in [2.24, 2.45) is 0 Å². The van der Waals surface area contributed by atoms with Gasteiger partial charge in [-0.3, -0.25) is 14.8 Å². The van der Waals surface area contributed by atoms with Gasteiger partial charge in [0, 0.05) is 24.0 Å². The molecule has 0 spiro atoms. The fourth-order valence-electron chi connectivity index (χ4n) is 2.26. The van der Waals surface area contributed by atoms with Crippen LogP contribution in [0.3, 0.4) is 0 Å². The Morgan fingerprint density at radius 2 is 1.71 bits per heavy atom. The minimum absolute atomic E-state index is 0.304. The Morgan fingerprint density at radius 1 is 1.00 bits per heavy atom. The fourth-order valence-corrected chi connectivity index (χ4v) is 2.50. The SMILES string of the molecule is COc1cc(OC)c(NC(=O)c2ccc3nccnc3c2)cc1Cl. The van der Waals surface area contributed by atoms with Crippen LogP contribution in [-0.4, -0.2) is 30.1 Å². The summed E-state index contributed by atoms with van der Waals surface area (Å²) in [5, 5.41) is 3.16. The maximum Gasteiger partial charge on any atom is 0.255 e. The van der Waals surface area contributed by atoms with Crippen LogP contribution in [0.2, 0.25) is 5.02 Å². The highest BCUT2D eigenvalue weighted by molar-refractivity contribution is 6.32. The first-order valence-electron chi connectivity index (χ1n) is 7.06. The average molecular weight is 344 g/mol. The molecule has 0 saturated heterocycles. The molecule has 2 aromatic carbocycles. The van der Waals surface area contributed by atoms with E-state index in [1.54, 1.807) is 42.7 Å². The number of hydrogen-bond acceptors (Lipinski definition) is 5. The number of amides is 1. The molecule has 0 aliphatic heterocycles. The van der Waals surface area contributed by atoms with E-state index in [0.717, 1.165) is 5.52 Å². The molecule has 6 nitrogen and oxygen atoms in total. The summed E-state index contributed by atoms with van der Waals surface area (Å²) in [5.74, 6) is 0.611. The third kappa shape index (κ3) is 3.09. The number of nitrogens with one attached hydrogen (secondary N) is 1. The number of hydrogen-bond donors (Lipinski definition) is 1. The van der Waals surface area contributed by atoms with Crippen LogP contribution in [0.4, 0.5) is 5.69 Å². The lowest BCUT2D eigenvalue weighted by molar-refractivity contribution is 0.102. The average Bonchev–Trinajstić information content (AvgIpc) is 2.61. The molecule has 0 atom stereocenters. The monoisotopic (exact) mass is 343 g/mol. The number of anilines is 1. The van der Waals surface area contributed by atoms with E-state index in [-0.39, 0.29) is 5.91 Å². The van der Waals surface area contributed by atoms with E-state index in [2.05, 4.69) is 15.3 Å². The van der Waals surface area contributed by atoms with Gasteiger partial charge in [0.1, 0.15) is 11.5 Å². The molecule has 0 unspecified atom stereocenters. The van der Waals surface area contributed by atoms with E-state index in [1.165, 1.54) is 14.2 Å². The van der Waals surface area contributed by atoms with Crippen LogP contribution >= 0.6 is 11.6 Å². The summed E-state index contributed by atoms with van der Waals surface area (Å²) >= 11 is 6.12. The number of aromatic nitrogens is 2. The molecule has 7 heteroatoms. The molecule has 24 heavy (non-hydrogen) atoms. The van der Waals surface area contributed by atoms with Gasteiger partial charge in [0.2, 0.25) is 0 Å². The molecule has 1 aromatic heterocycles. The van der Waals surface area contributed by atoms with Crippen LogP contribution in [0, 0.1) is 0 Å². The van der Waals surface area contributed by atoms with Gasteiger partial charge < -0.3 is 14.8 Å². The van der Waals surface area contributed by atoms with Gasteiger partial charge in [0.25, 0.3) is 5.91 Å². The number of fused-ring (bicyclic) bond motifs is 1. The molecule has 1 N–H and O–H groups in total. The standard InChI is InChI=1S/C17H14ClN3O3/c1-23-15-9-16(24-2)14(8-11(15)18)21-17(22)10-3-4-12-13(7-10)20-6-5-19-12/h3-9H,1-2H3,(H,21,22). The minimum Gasteiger partial charge on any atom is -0.495 e. The minimum atomic E-state index is -0.304. The van der Waals surface area contributed by atoms with Crippen molar-refractivity contribution in [1.82, 2.24) is 9.97 Å². The second-order valence-electron chi connectivity index (χ2n) is 4.90. The van der Waals surface area contributed by atoms with Gasteiger partial charge in [0.15, 0.2) is 0 Å². The Morgan fingerprint density at radius 3 is 2.42 bits per heavy atom. The fraction of sp³-hybridized carbons (Fsp3) is 0.118. The van der Waals surface area contributed by atoms with Gasteiger partial charge in [-0.05, 0) is 24.3 Å². The van der Waals surface area contributed by atoms with Crippen LogP contribution in [-0.2, 0) is 0 Å². The largest absolute Gasteiger partial charge is 0.495 e. The second kappa shape index (κ2) is 6.72. The van der Waals surface area contributed by atoms with E-state index in [4.69, 9.17) is 21.1 Å². The number of ether oxygens (including phenoxy) is 2. The predicted molar refractivity (Wildman–Crippen MR) is 92.0 cm³/mol. The molecule has 0 aliphatic carbocycles. The van der Waals surface area contributed by atoms with Crippen molar-refractivity contribution >= 4 is 34.2 Å². The second-order valence-corrected chi connectivity index (χ2v) is 5.31. The summed E-state index contributed by atoms with van der Waals surface area (Å²) in [6, 6.07) is 8.30. The van der Waals surface area contributed by atoms with Crippen molar-refractivity contribution < 1.29 is 14.3 Å². The van der Waals surface area contributed by atoms with Crippen molar-refractivity contribution in [2.45, 2.75) is 0 Å². The van der Waals surface area contributed by atoms with Crippen LogP contribution in [0.1, 0.15) is 10.4 Å². The van der Waals surface area contributed by atoms with Gasteiger partial charge >= 0.3 is 0 Å². The first-order chi connectivity index (χ1) is 11.6. The quantitative estimate of drug-likeness (QED) is 0.784. The van der Waals surface area contributed by atoms with Crippen LogP contribution < -0.4 is 14.8 Å². The number of halogens is 1. The van der Waals surface area contributed by atoms with Crippen molar-refractivity contribution in [3.05, 3.63) is 53.3 Å². The molecule has 0 aliphatic rings. The third-order valence-electron chi connectivity index (χ3n) is 3.45. The van der Waals surface area contributed by atoms with Crippen LogP contribution in [0.15, 0.2) is 42.7 Å². The summed E-state index contributed by atoms with van der Waals surface area (Å²) in [4.78, 5) is 20.9. The lowest BCUT2D eigenvalue weighted by Gasteiger charge is -2.13. The lowest BCUT2D eigenvalue weighted by atomic mass is 10.1. The summed E-state index contributed by atoms with van der Waals surface area (Å²) in [7, 11) is 3.01. The Balaban J connectivity index is 1.92. The van der Waals surface area contributed by atoms with Crippen molar-refractivity contribution in [3.8, 4) is 11.5 Å². The zero-order valence-corrected chi connectivity index (χ0v) is 13.8. The molecule has 0 radical (unpaired) electrons. The predicted octanol–water partition coefficient (Wildman–Crippen LogP) is 3.55. The van der Waals surface area contributed by atoms with Crippen LogP contribution in [0.25, 0.3) is 11.0 Å². The first kappa shape index (κ1) is 16.0. The third-order valence-corrected chi connectivity index (χ3v) is 3.75. The maximum atomic E-state index is 12.5. The highest BCUT2D eigenvalue weighted by Gasteiger charge is 2.14. The van der Waals surface area contributed by atoms with E-state index >= 15 is 0 Å². The molecule has 1 heterocycles. The zero-order valence-electron chi connectivity index (χ0n) is 13.0. The summed E-state index contributed by atoms with van der Waals surface area (Å²) in [6.07, 6.45) is 3.18. The Hall–Kier alpha value is -2.86. The normalized spacial score (nSPS) is 10.5. The molecule has 0 fully saturated rings. The molecule has 3 rings (SSSR count). The summed E-state index contributed by atoms with van der Waals surface area (Å²) in [5.41, 5.74) is 2.27. The van der Waals surface area contributed by atoms with E-state index < -0.39 is 0 Å². The van der Waals surface area contributed by atoms with Gasteiger partial charge in [0.05, 0.1) is 36.0 Å². The summed E-state index contributed by atoms with van der Waals surface area (Å²) < 4.78 is 10.4. The molecular formula is C17H14ClN3O3. The summed E-state index contributed by atoms with van der Waals surface area (Å²) in [6.45, 7) is 0. The smallest absolute Gasteiger partial charge is 0.255 e. The van der Waals surface area contributed by atoms with Crippen LogP contribution in [0.5, 0.6) is 11.5 Å². The topological polar surface area (TPSA) is 73.3 Å². The zero-order chi connectivity index (χ0) is 17.1. The molecule has 0 saturated carbocycles. The van der Waals surface area contributed by atoms with Crippen molar-refractivity contribution in [1.29, 1.82) is 0 Å². The Labute approximate surface area is 143 Å². The molecule has 3 aromatic rings. The van der Waals surface area contributed by atoms with E-state index in [1.807, 2.05) is 0 Å². The van der Waals surface area contributed by atoms with E-state index in [0.29, 0.717) is 33.3 Å². The van der Waals surface area contributed by atoms with Gasteiger partial charge in [-0.1, -0.05) is 11.6 Å². The van der Waals surface area contributed by atoms with Crippen molar-refractivity contribution in [2.75, 3.05) is 19.5 Å². The Kier molecular flexibility index (Phi) is 4.48. The van der Waals surface area contributed by atoms with Gasteiger partial charge in [-0.25, -0.2) is 0 Å². The first-order valence-corrected chi connectivity index (χ1v) is 7.44. The van der Waals surface area contributed by atoms with Gasteiger partial charge in [-0.2, -0.15) is 0 Å². The number of nitrogens with zero attached hydrogens (tertiary/aromatic N) is 2. The van der Waals surface area contributed by atoms with Crippen molar-refractivity contribution in [3.63, 3.8) is 0 Å². The molecule has 122 valence electrons. The number of rotatable bonds is 4. The highest BCUT2D eigenvalue weighted by Crippen LogP contribution is 2.36. The lowest BCUT2D eigenvalue weighted by Crippen LogP contribution is -2.13. The number of benzene rings is 2. The highest BCUT2D eigenvalue weighted by atomic mass is 35.5. The molecule has 0 bridgehead atoms. The molecular weight excluding hydrogens is 330 g/mol. The Bertz CT molecular complexity index is 915. The number of carbonyl (C=O) groups excluding carboxylic acids is 1. The van der Waals surface area contributed by atoms with E-state index in [9.17, 15) is 4.79 Å².